The highest BCUT2D eigenvalue weighted by Gasteiger charge is 2.28. The van der Waals surface area contributed by atoms with E-state index in [-0.39, 0.29) is 17.9 Å². The second-order valence-corrected chi connectivity index (χ2v) is 7.75. The number of rotatable bonds is 3. The highest BCUT2D eigenvalue weighted by Crippen LogP contribution is 2.20. The van der Waals surface area contributed by atoms with E-state index in [1.807, 2.05) is 68.0 Å². The van der Waals surface area contributed by atoms with Crippen molar-refractivity contribution in [2.75, 3.05) is 13.1 Å². The Hall–Kier alpha value is -2.50. The molecule has 1 fully saturated rings. The van der Waals surface area contributed by atoms with Crippen molar-refractivity contribution >= 4 is 11.8 Å². The third kappa shape index (κ3) is 3.53. The summed E-state index contributed by atoms with van der Waals surface area (Å²) in [6.07, 6.45) is 1.79. The van der Waals surface area contributed by atoms with Crippen molar-refractivity contribution in [1.29, 1.82) is 0 Å². The molecule has 2 aromatic rings. The first-order chi connectivity index (χ1) is 12.7. The summed E-state index contributed by atoms with van der Waals surface area (Å²) < 4.78 is 4.06. The summed E-state index contributed by atoms with van der Waals surface area (Å²) in [6, 6.07) is 3.86. The molecule has 2 aromatic heterocycles. The molecule has 1 saturated heterocycles. The van der Waals surface area contributed by atoms with E-state index in [4.69, 9.17) is 0 Å². The van der Waals surface area contributed by atoms with Crippen molar-refractivity contribution in [3.63, 3.8) is 0 Å². The summed E-state index contributed by atoms with van der Waals surface area (Å²) in [4.78, 5) is 27.6. The van der Waals surface area contributed by atoms with Crippen LogP contribution in [0.25, 0.3) is 0 Å². The Morgan fingerprint density at radius 2 is 1.52 bits per heavy atom. The smallest absolute Gasteiger partial charge is 0.255 e. The molecule has 2 amide bonds. The Balaban J connectivity index is 1.70. The number of carbonyl (C=O) groups excluding carboxylic acids is 2. The van der Waals surface area contributed by atoms with Gasteiger partial charge in [0.25, 0.3) is 11.8 Å². The molecule has 3 heterocycles. The normalized spacial score (nSPS) is 17.3. The van der Waals surface area contributed by atoms with Crippen LogP contribution in [-0.2, 0) is 14.1 Å². The van der Waals surface area contributed by atoms with Gasteiger partial charge in [-0.2, -0.15) is 0 Å². The molecule has 3 rings (SSSR count). The fourth-order valence-corrected chi connectivity index (χ4v) is 3.87. The van der Waals surface area contributed by atoms with Gasteiger partial charge in [0.1, 0.15) is 0 Å². The molecule has 6 nitrogen and oxygen atoms in total. The summed E-state index contributed by atoms with van der Waals surface area (Å²) in [7, 11) is 3.94. The van der Waals surface area contributed by atoms with Crippen LogP contribution in [-0.4, -0.2) is 45.0 Å². The van der Waals surface area contributed by atoms with E-state index in [1.165, 1.54) is 0 Å². The van der Waals surface area contributed by atoms with Gasteiger partial charge in [-0.15, -0.1) is 0 Å². The summed E-state index contributed by atoms with van der Waals surface area (Å²) >= 11 is 0. The summed E-state index contributed by atoms with van der Waals surface area (Å²) in [5.41, 5.74) is 5.56. The zero-order valence-electron chi connectivity index (χ0n) is 17.2. The molecule has 146 valence electrons. The van der Waals surface area contributed by atoms with Crippen LogP contribution in [0, 0.1) is 27.7 Å². The Kier molecular flexibility index (Phi) is 5.18. The number of aryl methyl sites for hydroxylation is 2. The van der Waals surface area contributed by atoms with Crippen LogP contribution in [0.2, 0.25) is 0 Å². The summed E-state index contributed by atoms with van der Waals surface area (Å²) in [6.45, 7) is 9.23. The lowest BCUT2D eigenvalue weighted by molar-refractivity contribution is 0.0675. The van der Waals surface area contributed by atoms with E-state index in [1.54, 1.807) is 0 Å². The summed E-state index contributed by atoms with van der Waals surface area (Å²) in [5, 5.41) is 3.13. The van der Waals surface area contributed by atoms with Crippen LogP contribution in [0.1, 0.15) is 56.3 Å². The van der Waals surface area contributed by atoms with Crippen LogP contribution < -0.4 is 5.32 Å². The van der Waals surface area contributed by atoms with Crippen LogP contribution in [0.5, 0.6) is 0 Å². The first kappa shape index (κ1) is 19.3. The van der Waals surface area contributed by atoms with Gasteiger partial charge in [0.2, 0.25) is 0 Å². The third-order valence-corrected chi connectivity index (χ3v) is 6.07. The second kappa shape index (κ2) is 7.25. The molecule has 0 unspecified atom stereocenters. The molecular weight excluding hydrogens is 340 g/mol. The quantitative estimate of drug-likeness (QED) is 0.903. The fourth-order valence-electron chi connectivity index (χ4n) is 3.87. The summed E-state index contributed by atoms with van der Waals surface area (Å²) in [5.74, 6) is 0.00381. The van der Waals surface area contributed by atoms with E-state index in [0.717, 1.165) is 47.7 Å². The number of amides is 2. The van der Waals surface area contributed by atoms with Crippen molar-refractivity contribution in [3.05, 3.63) is 46.0 Å². The molecular formula is C21H30N4O2. The van der Waals surface area contributed by atoms with E-state index in [9.17, 15) is 9.59 Å². The van der Waals surface area contributed by atoms with E-state index in [0.29, 0.717) is 12.1 Å². The van der Waals surface area contributed by atoms with Crippen molar-refractivity contribution in [3.8, 4) is 0 Å². The topological polar surface area (TPSA) is 59.3 Å². The van der Waals surface area contributed by atoms with Crippen LogP contribution in [0.15, 0.2) is 12.1 Å². The minimum atomic E-state index is -0.0535. The molecule has 6 heteroatoms. The molecule has 1 aliphatic heterocycles. The minimum Gasteiger partial charge on any atom is -0.351 e. The van der Waals surface area contributed by atoms with Crippen molar-refractivity contribution in [2.24, 2.45) is 14.1 Å². The van der Waals surface area contributed by atoms with Crippen molar-refractivity contribution < 1.29 is 9.59 Å². The molecule has 0 saturated carbocycles. The highest BCUT2D eigenvalue weighted by atomic mass is 16.2. The van der Waals surface area contributed by atoms with Crippen LogP contribution in [0.3, 0.4) is 0 Å². The van der Waals surface area contributed by atoms with Gasteiger partial charge in [-0.3, -0.25) is 9.59 Å². The van der Waals surface area contributed by atoms with Crippen LogP contribution in [0.4, 0.5) is 0 Å². The maximum atomic E-state index is 13.0. The van der Waals surface area contributed by atoms with E-state index >= 15 is 0 Å². The standard InChI is InChI=1S/C21H30N4O2/c1-13-10-18(15(3)23(13)5)20(26)22-17-8-7-9-25(12-17)21(27)19-11-14(2)24(6)16(19)4/h10-11,17H,7-9,12H2,1-6H3,(H,22,26)/t17-/m1/s1. The van der Waals surface area contributed by atoms with Gasteiger partial charge >= 0.3 is 0 Å². The molecule has 0 radical (unpaired) electrons. The SMILES string of the molecule is Cc1cc(C(=O)N[C@@H]2CCCN(C(=O)c3cc(C)n(C)c3C)C2)c(C)n1C. The van der Waals surface area contributed by atoms with Gasteiger partial charge in [0, 0.05) is 56.0 Å². The molecule has 0 aromatic carbocycles. The van der Waals surface area contributed by atoms with Crippen molar-refractivity contribution in [2.45, 2.75) is 46.6 Å². The van der Waals surface area contributed by atoms with Crippen LogP contribution >= 0.6 is 0 Å². The van der Waals surface area contributed by atoms with E-state index in [2.05, 4.69) is 5.32 Å². The van der Waals surface area contributed by atoms with Gasteiger partial charge in [-0.1, -0.05) is 0 Å². The van der Waals surface area contributed by atoms with Gasteiger partial charge in [-0.05, 0) is 52.7 Å². The maximum Gasteiger partial charge on any atom is 0.255 e. The Morgan fingerprint density at radius 1 is 0.963 bits per heavy atom. The van der Waals surface area contributed by atoms with Gasteiger partial charge in [-0.25, -0.2) is 0 Å². The average Bonchev–Trinajstić information content (AvgIpc) is 3.06. The number of nitrogens with zero attached hydrogens (tertiary/aromatic N) is 3. The number of nitrogens with one attached hydrogen (secondary N) is 1. The number of aromatic nitrogens is 2. The number of piperidine rings is 1. The molecule has 27 heavy (non-hydrogen) atoms. The zero-order valence-corrected chi connectivity index (χ0v) is 17.2. The molecule has 1 aliphatic rings. The maximum absolute atomic E-state index is 13.0. The van der Waals surface area contributed by atoms with E-state index < -0.39 is 0 Å². The number of likely N-dealkylation sites (tertiary alicyclic amines) is 1. The lowest BCUT2D eigenvalue weighted by Gasteiger charge is -2.33. The number of hydrogen-bond donors (Lipinski definition) is 1. The van der Waals surface area contributed by atoms with Crippen molar-refractivity contribution in [1.82, 2.24) is 19.4 Å². The molecule has 0 bridgehead atoms. The largest absolute Gasteiger partial charge is 0.351 e. The zero-order chi connectivity index (χ0) is 19.9. The average molecular weight is 370 g/mol. The second-order valence-electron chi connectivity index (χ2n) is 7.75. The third-order valence-electron chi connectivity index (χ3n) is 6.07. The Bertz CT molecular complexity index is 891. The monoisotopic (exact) mass is 370 g/mol. The highest BCUT2D eigenvalue weighted by molar-refractivity contribution is 5.97. The molecule has 1 atom stereocenters. The molecule has 0 spiro atoms. The number of hydrogen-bond acceptors (Lipinski definition) is 2. The first-order valence-electron chi connectivity index (χ1n) is 9.56. The number of carbonyl (C=O) groups is 2. The lowest BCUT2D eigenvalue weighted by atomic mass is 10.0. The fraction of sp³-hybridized carbons (Fsp3) is 0.524. The predicted octanol–water partition coefficient (Wildman–Crippen LogP) is 2.63. The van der Waals surface area contributed by atoms with Gasteiger partial charge in [0.05, 0.1) is 11.1 Å². The Labute approximate surface area is 161 Å². The van der Waals surface area contributed by atoms with Gasteiger partial charge < -0.3 is 19.4 Å². The van der Waals surface area contributed by atoms with Gasteiger partial charge in [0.15, 0.2) is 0 Å². The minimum absolute atomic E-state index is 0.0137. The lowest BCUT2D eigenvalue weighted by Crippen LogP contribution is -2.49. The Morgan fingerprint density at radius 3 is 2.04 bits per heavy atom. The molecule has 1 N–H and O–H groups in total. The molecule has 0 aliphatic carbocycles. The predicted molar refractivity (Wildman–Crippen MR) is 106 cm³/mol. The first-order valence-corrected chi connectivity index (χ1v) is 9.56.